The van der Waals surface area contributed by atoms with Gasteiger partial charge in [-0.2, -0.15) is 0 Å². The van der Waals surface area contributed by atoms with Gasteiger partial charge >= 0.3 is 0 Å². The second-order valence-corrected chi connectivity index (χ2v) is 7.53. The maximum atomic E-state index is 13.0. The second-order valence-electron chi connectivity index (χ2n) is 7.53. The number of amides is 1. The first-order valence-corrected chi connectivity index (χ1v) is 8.46. The zero-order valence-corrected chi connectivity index (χ0v) is 16.7. The van der Waals surface area contributed by atoms with Gasteiger partial charge in [-0.05, 0) is 38.2 Å². The summed E-state index contributed by atoms with van der Waals surface area (Å²) >= 11 is 0. The van der Waals surface area contributed by atoms with Crippen molar-refractivity contribution in [2.75, 3.05) is 6.54 Å². The van der Waals surface area contributed by atoms with Crippen molar-refractivity contribution < 1.29 is 9.32 Å². The molecule has 0 aromatic carbocycles. The van der Waals surface area contributed by atoms with Gasteiger partial charge in [0.05, 0.1) is 16.6 Å². The second kappa shape index (κ2) is 8.15. The van der Waals surface area contributed by atoms with Crippen LogP contribution in [0.5, 0.6) is 0 Å². The number of hydrogen-bond acceptors (Lipinski definition) is 5. The van der Waals surface area contributed by atoms with Crippen LogP contribution in [0.25, 0.3) is 11.1 Å². The van der Waals surface area contributed by atoms with Crippen LogP contribution in [0.4, 0.5) is 0 Å². The summed E-state index contributed by atoms with van der Waals surface area (Å²) in [5.74, 6) is 0.405. The Hall–Kier alpha value is -1.66. The fourth-order valence-corrected chi connectivity index (χ4v) is 3.10. The van der Waals surface area contributed by atoms with Gasteiger partial charge in [0.25, 0.3) is 11.6 Å². The summed E-state index contributed by atoms with van der Waals surface area (Å²) in [6, 6.07) is 1.78. The van der Waals surface area contributed by atoms with Crippen LogP contribution in [0.3, 0.4) is 0 Å². The van der Waals surface area contributed by atoms with Crippen LogP contribution in [0.1, 0.15) is 68.7 Å². The lowest BCUT2D eigenvalue weighted by Crippen LogP contribution is -2.52. The average Bonchev–Trinajstić information content (AvgIpc) is 2.89. The average molecular weight is 369 g/mol. The number of hydrogen-bond donors (Lipinski definition) is 2. The summed E-state index contributed by atoms with van der Waals surface area (Å²) < 4.78 is 5.34. The van der Waals surface area contributed by atoms with Crippen LogP contribution in [0, 0.1) is 12.8 Å². The van der Waals surface area contributed by atoms with Crippen molar-refractivity contribution >= 4 is 29.4 Å². The number of aromatic nitrogens is 2. The molecule has 3 N–H and O–H groups in total. The topological polar surface area (TPSA) is 94.0 Å². The van der Waals surface area contributed by atoms with E-state index in [1.807, 2.05) is 27.7 Å². The van der Waals surface area contributed by atoms with Gasteiger partial charge in [-0.3, -0.25) is 4.79 Å². The zero-order valence-electron chi connectivity index (χ0n) is 15.8. The molecule has 0 bridgehead atoms. The van der Waals surface area contributed by atoms with E-state index in [1.165, 1.54) is 0 Å². The van der Waals surface area contributed by atoms with Gasteiger partial charge in [0, 0.05) is 17.8 Å². The lowest BCUT2D eigenvalue weighted by Gasteiger charge is -2.31. The number of aryl methyl sites for hydroxylation is 1. The smallest absolute Gasteiger partial charge is 0.259 e. The molecule has 6 nitrogen and oxygen atoms in total. The van der Waals surface area contributed by atoms with E-state index in [0.29, 0.717) is 29.1 Å². The molecule has 25 heavy (non-hydrogen) atoms. The van der Waals surface area contributed by atoms with E-state index < -0.39 is 5.54 Å². The predicted molar refractivity (Wildman–Crippen MR) is 102 cm³/mol. The molecule has 1 amide bonds. The molecule has 0 aliphatic rings. The molecule has 140 valence electrons. The number of carbonyl (C=O) groups is 1. The Labute approximate surface area is 155 Å². The molecule has 1 atom stereocenters. The Morgan fingerprint density at radius 1 is 1.36 bits per heavy atom. The van der Waals surface area contributed by atoms with E-state index in [0.717, 1.165) is 17.8 Å². The quantitative estimate of drug-likeness (QED) is 0.812. The Morgan fingerprint density at radius 3 is 2.52 bits per heavy atom. The number of fused-ring (bicyclic) bond motifs is 1. The van der Waals surface area contributed by atoms with Gasteiger partial charge in [0.2, 0.25) is 0 Å². The summed E-state index contributed by atoms with van der Waals surface area (Å²) in [7, 11) is 0. The summed E-state index contributed by atoms with van der Waals surface area (Å²) in [5, 5.41) is 7.90. The summed E-state index contributed by atoms with van der Waals surface area (Å²) in [5.41, 5.74) is 7.89. The highest BCUT2D eigenvalue weighted by molar-refractivity contribution is 6.06. The molecule has 0 aliphatic carbocycles. The van der Waals surface area contributed by atoms with E-state index >= 15 is 0 Å². The van der Waals surface area contributed by atoms with Gasteiger partial charge in [-0.1, -0.05) is 32.9 Å². The minimum absolute atomic E-state index is 0. The van der Waals surface area contributed by atoms with E-state index in [2.05, 4.69) is 29.3 Å². The highest BCUT2D eigenvalue weighted by Gasteiger charge is 2.29. The molecule has 2 aromatic rings. The molecule has 2 aromatic heterocycles. The third-order valence-corrected chi connectivity index (χ3v) is 4.12. The molecular formula is C18H29ClN4O2. The molecule has 0 fully saturated rings. The van der Waals surface area contributed by atoms with Crippen LogP contribution < -0.4 is 11.1 Å². The molecule has 0 saturated carbocycles. The van der Waals surface area contributed by atoms with Gasteiger partial charge in [-0.25, -0.2) is 4.98 Å². The minimum Gasteiger partial charge on any atom is -0.346 e. The first kappa shape index (κ1) is 21.4. The maximum absolute atomic E-state index is 13.0. The molecule has 1 unspecified atom stereocenters. The number of nitrogens with one attached hydrogen (secondary N) is 1. The Balaban J connectivity index is 0.00000312. The third-order valence-electron chi connectivity index (χ3n) is 4.12. The van der Waals surface area contributed by atoms with Crippen molar-refractivity contribution in [3.63, 3.8) is 0 Å². The van der Waals surface area contributed by atoms with Crippen molar-refractivity contribution in [2.45, 2.75) is 59.4 Å². The summed E-state index contributed by atoms with van der Waals surface area (Å²) in [6.45, 7) is 12.5. The van der Waals surface area contributed by atoms with Crippen LogP contribution in [-0.4, -0.2) is 28.1 Å². The van der Waals surface area contributed by atoms with Gasteiger partial charge < -0.3 is 15.6 Å². The van der Waals surface area contributed by atoms with Crippen molar-refractivity contribution in [2.24, 2.45) is 11.7 Å². The highest BCUT2D eigenvalue weighted by Crippen LogP contribution is 2.28. The fraction of sp³-hybridized carbons (Fsp3) is 0.611. The van der Waals surface area contributed by atoms with E-state index in [-0.39, 0.29) is 24.2 Å². The maximum Gasteiger partial charge on any atom is 0.259 e. The molecule has 0 saturated heterocycles. The molecule has 2 rings (SSSR count). The summed E-state index contributed by atoms with van der Waals surface area (Å²) in [6.07, 6.45) is 0.809. The molecule has 0 spiro atoms. The monoisotopic (exact) mass is 368 g/mol. The van der Waals surface area contributed by atoms with Gasteiger partial charge in [-0.15, -0.1) is 12.4 Å². The minimum atomic E-state index is -0.454. The number of carbonyl (C=O) groups excluding carboxylic acids is 1. The largest absolute Gasteiger partial charge is 0.346 e. The van der Waals surface area contributed by atoms with Crippen molar-refractivity contribution in [1.29, 1.82) is 0 Å². The zero-order chi connectivity index (χ0) is 18.1. The number of rotatable bonds is 6. The van der Waals surface area contributed by atoms with Crippen LogP contribution in [0.15, 0.2) is 10.6 Å². The predicted octanol–water partition coefficient (Wildman–Crippen LogP) is 3.57. The van der Waals surface area contributed by atoms with Crippen molar-refractivity contribution in [3.8, 4) is 0 Å². The van der Waals surface area contributed by atoms with Crippen molar-refractivity contribution in [1.82, 2.24) is 15.5 Å². The van der Waals surface area contributed by atoms with Gasteiger partial charge in [0.15, 0.2) is 0 Å². The van der Waals surface area contributed by atoms with E-state index in [9.17, 15) is 4.79 Å². The Bertz CT molecular complexity index is 742. The molecular weight excluding hydrogens is 340 g/mol. The lowest BCUT2D eigenvalue weighted by atomic mass is 9.90. The lowest BCUT2D eigenvalue weighted by molar-refractivity contribution is 0.0899. The normalized spacial score (nSPS) is 13.8. The number of halogens is 1. The van der Waals surface area contributed by atoms with E-state index in [4.69, 9.17) is 10.3 Å². The molecule has 0 aliphatic heterocycles. The number of nitrogens with zero attached hydrogens (tertiary/aromatic N) is 2. The summed E-state index contributed by atoms with van der Waals surface area (Å²) in [4.78, 5) is 17.3. The highest BCUT2D eigenvalue weighted by atomic mass is 35.5. The number of nitrogens with two attached hydrogens (primary N) is 1. The van der Waals surface area contributed by atoms with Crippen LogP contribution in [-0.2, 0) is 0 Å². The Kier molecular flexibility index (Phi) is 6.97. The van der Waals surface area contributed by atoms with Crippen LogP contribution >= 0.6 is 12.4 Å². The van der Waals surface area contributed by atoms with Gasteiger partial charge in [0.1, 0.15) is 0 Å². The number of pyridine rings is 1. The first-order chi connectivity index (χ1) is 11.2. The molecule has 0 radical (unpaired) electrons. The van der Waals surface area contributed by atoms with Crippen molar-refractivity contribution in [3.05, 3.63) is 23.0 Å². The van der Waals surface area contributed by atoms with Crippen LogP contribution in [0.2, 0.25) is 0 Å². The fourth-order valence-electron chi connectivity index (χ4n) is 3.10. The Morgan fingerprint density at radius 2 is 2.00 bits per heavy atom. The standard InChI is InChI=1S/C18H28N4O2.ClH/c1-10(2)8-18(6,9-19)21-16(23)13-7-12(5)20-17-14(13)15(11(3)4)22-24-17;/h7,10-11H,8-9,19H2,1-6H3,(H,21,23);1H. The molecule has 7 heteroatoms. The third kappa shape index (κ3) is 4.70. The molecule has 2 heterocycles. The van der Waals surface area contributed by atoms with E-state index in [1.54, 1.807) is 6.07 Å². The first-order valence-electron chi connectivity index (χ1n) is 8.46. The SMILES string of the molecule is Cc1cc(C(=O)NC(C)(CN)CC(C)C)c2c(C(C)C)noc2n1.Cl.